The van der Waals surface area contributed by atoms with Crippen LogP contribution >= 0.6 is 0 Å². The average molecular weight is 297 g/mol. The van der Waals surface area contributed by atoms with Crippen molar-refractivity contribution in [2.45, 2.75) is 0 Å². The Morgan fingerprint density at radius 1 is 1.00 bits per heavy atom. The van der Waals surface area contributed by atoms with Gasteiger partial charge in [-0.1, -0.05) is 12.1 Å². The fraction of sp³-hybridized carbons (Fsp3) is 0.125. The van der Waals surface area contributed by atoms with Gasteiger partial charge in [0.2, 0.25) is 11.8 Å². The third kappa shape index (κ3) is 2.58. The SMILES string of the molecule is COc1ccc(-n2cc(-c3ccc(O)cc3)c(OC)n2)cn1. The zero-order chi connectivity index (χ0) is 15.5. The van der Waals surface area contributed by atoms with Crippen molar-refractivity contribution in [3.05, 3.63) is 48.8 Å². The monoisotopic (exact) mass is 297 g/mol. The van der Waals surface area contributed by atoms with Crippen LogP contribution in [-0.2, 0) is 0 Å². The minimum absolute atomic E-state index is 0.217. The van der Waals surface area contributed by atoms with E-state index in [4.69, 9.17) is 9.47 Å². The molecule has 0 saturated heterocycles. The number of aromatic nitrogens is 3. The molecular weight excluding hydrogens is 282 g/mol. The van der Waals surface area contributed by atoms with Crippen LogP contribution in [0, 0.1) is 0 Å². The normalized spacial score (nSPS) is 10.5. The topological polar surface area (TPSA) is 69.4 Å². The molecule has 0 amide bonds. The number of pyridine rings is 1. The third-order valence-electron chi connectivity index (χ3n) is 3.25. The molecule has 112 valence electrons. The van der Waals surface area contributed by atoms with E-state index < -0.39 is 0 Å². The molecule has 0 aliphatic heterocycles. The summed E-state index contributed by atoms with van der Waals surface area (Å²) in [5, 5.41) is 13.8. The third-order valence-corrected chi connectivity index (χ3v) is 3.25. The molecule has 1 N–H and O–H groups in total. The highest BCUT2D eigenvalue weighted by atomic mass is 16.5. The number of hydrogen-bond donors (Lipinski definition) is 1. The molecule has 0 fully saturated rings. The number of hydrogen-bond acceptors (Lipinski definition) is 5. The lowest BCUT2D eigenvalue weighted by atomic mass is 10.1. The molecule has 3 rings (SSSR count). The molecule has 6 heteroatoms. The van der Waals surface area contributed by atoms with Crippen LogP contribution in [-0.4, -0.2) is 34.1 Å². The summed E-state index contributed by atoms with van der Waals surface area (Å²) in [6.07, 6.45) is 3.53. The lowest BCUT2D eigenvalue weighted by Gasteiger charge is -2.01. The van der Waals surface area contributed by atoms with Crippen molar-refractivity contribution in [3.8, 4) is 34.3 Å². The van der Waals surface area contributed by atoms with Crippen LogP contribution in [0.15, 0.2) is 48.8 Å². The summed E-state index contributed by atoms with van der Waals surface area (Å²) in [4.78, 5) is 4.17. The van der Waals surface area contributed by atoms with Gasteiger partial charge in [-0.2, -0.15) is 0 Å². The van der Waals surface area contributed by atoms with E-state index in [1.807, 2.05) is 24.4 Å². The number of nitrogens with zero attached hydrogens (tertiary/aromatic N) is 3. The van der Waals surface area contributed by atoms with Crippen molar-refractivity contribution in [1.29, 1.82) is 0 Å². The highest BCUT2D eigenvalue weighted by molar-refractivity contribution is 5.69. The fourth-order valence-corrected chi connectivity index (χ4v) is 2.11. The molecule has 0 aliphatic rings. The quantitative estimate of drug-likeness (QED) is 0.801. The first-order chi connectivity index (χ1) is 10.7. The van der Waals surface area contributed by atoms with Crippen molar-refractivity contribution >= 4 is 0 Å². The Morgan fingerprint density at radius 3 is 2.36 bits per heavy atom. The van der Waals surface area contributed by atoms with Gasteiger partial charge in [0.15, 0.2) is 0 Å². The van der Waals surface area contributed by atoms with Gasteiger partial charge in [-0.15, -0.1) is 5.10 Å². The summed E-state index contributed by atoms with van der Waals surface area (Å²) in [5.74, 6) is 1.26. The van der Waals surface area contributed by atoms with E-state index in [0.717, 1.165) is 16.8 Å². The Hall–Kier alpha value is -3.02. The second kappa shape index (κ2) is 5.77. The van der Waals surface area contributed by atoms with E-state index in [-0.39, 0.29) is 5.75 Å². The Labute approximate surface area is 127 Å². The van der Waals surface area contributed by atoms with Gasteiger partial charge < -0.3 is 14.6 Å². The van der Waals surface area contributed by atoms with E-state index in [2.05, 4.69) is 10.1 Å². The minimum Gasteiger partial charge on any atom is -0.508 e. The number of rotatable bonds is 4. The summed E-state index contributed by atoms with van der Waals surface area (Å²) < 4.78 is 12.1. The molecule has 0 bridgehead atoms. The van der Waals surface area contributed by atoms with Crippen molar-refractivity contribution in [2.24, 2.45) is 0 Å². The predicted molar refractivity (Wildman–Crippen MR) is 81.6 cm³/mol. The number of methoxy groups -OCH3 is 2. The Kier molecular flexibility index (Phi) is 3.65. The highest BCUT2D eigenvalue weighted by Crippen LogP contribution is 2.30. The van der Waals surface area contributed by atoms with Crippen LogP contribution in [0.3, 0.4) is 0 Å². The average Bonchev–Trinajstić information content (AvgIpc) is 3.00. The summed E-state index contributed by atoms with van der Waals surface area (Å²) in [5.41, 5.74) is 2.53. The van der Waals surface area contributed by atoms with E-state index in [1.165, 1.54) is 0 Å². The van der Waals surface area contributed by atoms with Crippen LogP contribution in [0.2, 0.25) is 0 Å². The highest BCUT2D eigenvalue weighted by Gasteiger charge is 2.13. The summed E-state index contributed by atoms with van der Waals surface area (Å²) >= 11 is 0. The predicted octanol–water partition coefficient (Wildman–Crippen LogP) is 2.66. The van der Waals surface area contributed by atoms with Gasteiger partial charge in [0.1, 0.15) is 5.75 Å². The second-order valence-electron chi connectivity index (χ2n) is 4.60. The van der Waals surface area contributed by atoms with Gasteiger partial charge >= 0.3 is 0 Å². The molecule has 0 radical (unpaired) electrons. The zero-order valence-corrected chi connectivity index (χ0v) is 12.2. The summed E-state index contributed by atoms with van der Waals surface area (Å²) in [6, 6.07) is 10.5. The molecule has 0 saturated carbocycles. The van der Waals surface area contributed by atoms with Crippen molar-refractivity contribution in [2.75, 3.05) is 14.2 Å². The number of aromatic hydroxyl groups is 1. The summed E-state index contributed by atoms with van der Waals surface area (Å²) in [6.45, 7) is 0. The number of ether oxygens (including phenoxy) is 2. The smallest absolute Gasteiger partial charge is 0.240 e. The van der Waals surface area contributed by atoms with Gasteiger partial charge in [-0.25, -0.2) is 9.67 Å². The van der Waals surface area contributed by atoms with E-state index >= 15 is 0 Å². The maximum absolute atomic E-state index is 9.39. The van der Waals surface area contributed by atoms with Crippen LogP contribution in [0.25, 0.3) is 16.8 Å². The molecule has 0 unspecified atom stereocenters. The second-order valence-corrected chi connectivity index (χ2v) is 4.60. The molecule has 1 aromatic carbocycles. The fourth-order valence-electron chi connectivity index (χ4n) is 2.11. The Morgan fingerprint density at radius 2 is 1.77 bits per heavy atom. The molecule has 0 spiro atoms. The van der Waals surface area contributed by atoms with Crippen molar-refractivity contribution in [1.82, 2.24) is 14.8 Å². The first-order valence-electron chi connectivity index (χ1n) is 6.64. The Bertz CT molecular complexity index is 764. The lowest BCUT2D eigenvalue weighted by Crippen LogP contribution is -1.96. The standard InChI is InChI=1S/C16H15N3O3/c1-21-15-8-5-12(9-17-15)19-10-14(16(18-19)22-2)11-3-6-13(20)7-4-11/h3-10,20H,1-2H3. The first-order valence-corrected chi connectivity index (χ1v) is 6.64. The lowest BCUT2D eigenvalue weighted by molar-refractivity contribution is 0.394. The van der Waals surface area contributed by atoms with Crippen molar-refractivity contribution < 1.29 is 14.6 Å². The van der Waals surface area contributed by atoms with Gasteiger partial charge in [0.05, 0.1) is 31.7 Å². The molecule has 2 heterocycles. The molecule has 6 nitrogen and oxygen atoms in total. The number of benzene rings is 1. The van der Waals surface area contributed by atoms with Gasteiger partial charge in [-0.3, -0.25) is 0 Å². The molecule has 3 aromatic rings. The minimum atomic E-state index is 0.217. The molecule has 0 aliphatic carbocycles. The molecule has 22 heavy (non-hydrogen) atoms. The van der Waals surface area contributed by atoms with E-state index in [1.54, 1.807) is 43.3 Å². The van der Waals surface area contributed by atoms with Gasteiger partial charge in [-0.05, 0) is 23.8 Å². The van der Waals surface area contributed by atoms with Crippen LogP contribution in [0.1, 0.15) is 0 Å². The molecular formula is C16H15N3O3. The van der Waals surface area contributed by atoms with E-state index in [0.29, 0.717) is 11.8 Å². The zero-order valence-electron chi connectivity index (χ0n) is 12.2. The van der Waals surface area contributed by atoms with Crippen LogP contribution in [0.5, 0.6) is 17.5 Å². The van der Waals surface area contributed by atoms with Crippen molar-refractivity contribution in [3.63, 3.8) is 0 Å². The van der Waals surface area contributed by atoms with E-state index in [9.17, 15) is 5.11 Å². The largest absolute Gasteiger partial charge is 0.508 e. The number of phenolic OH excluding ortho intramolecular Hbond substituents is 1. The van der Waals surface area contributed by atoms with Gasteiger partial charge in [0, 0.05) is 12.3 Å². The van der Waals surface area contributed by atoms with Crippen LogP contribution in [0.4, 0.5) is 0 Å². The Balaban J connectivity index is 2.01. The maximum atomic E-state index is 9.39. The van der Waals surface area contributed by atoms with Gasteiger partial charge in [0.25, 0.3) is 0 Å². The summed E-state index contributed by atoms with van der Waals surface area (Å²) in [7, 11) is 3.14. The maximum Gasteiger partial charge on any atom is 0.240 e. The first kappa shape index (κ1) is 13.9. The molecule has 2 aromatic heterocycles. The molecule has 0 atom stereocenters. The number of phenols is 1. The van der Waals surface area contributed by atoms with Crippen LogP contribution < -0.4 is 9.47 Å².